The second-order valence-electron chi connectivity index (χ2n) is 4.03. The fourth-order valence-corrected chi connectivity index (χ4v) is 1.86. The quantitative estimate of drug-likeness (QED) is 0.756. The predicted molar refractivity (Wildman–Crippen MR) is 77.4 cm³/mol. The van der Waals surface area contributed by atoms with Crippen molar-refractivity contribution in [2.75, 3.05) is 6.61 Å². The zero-order valence-electron chi connectivity index (χ0n) is 10.6. The van der Waals surface area contributed by atoms with Crippen LogP contribution in [0.2, 0.25) is 5.02 Å². The van der Waals surface area contributed by atoms with Crippen LogP contribution in [0.5, 0.6) is 0 Å². The Morgan fingerprint density at radius 2 is 2.20 bits per heavy atom. The summed E-state index contributed by atoms with van der Waals surface area (Å²) >= 11 is 5.75. The van der Waals surface area contributed by atoms with E-state index >= 15 is 0 Å². The van der Waals surface area contributed by atoms with Gasteiger partial charge in [-0.15, -0.1) is 0 Å². The van der Waals surface area contributed by atoms with Crippen molar-refractivity contribution in [1.82, 2.24) is 10.3 Å². The van der Waals surface area contributed by atoms with Gasteiger partial charge in [0.2, 0.25) is 0 Å². The van der Waals surface area contributed by atoms with Gasteiger partial charge in [0.05, 0.1) is 5.02 Å². The zero-order chi connectivity index (χ0) is 14.4. The molecule has 0 aliphatic heterocycles. The van der Waals surface area contributed by atoms with Gasteiger partial charge in [0, 0.05) is 18.3 Å². The molecule has 0 unspecified atom stereocenters. The number of rotatable bonds is 3. The molecule has 1 aromatic carbocycles. The van der Waals surface area contributed by atoms with E-state index < -0.39 is 0 Å². The van der Waals surface area contributed by atoms with Crippen molar-refractivity contribution in [3.05, 3.63) is 58.4 Å². The van der Waals surface area contributed by atoms with E-state index in [0.29, 0.717) is 17.3 Å². The molecule has 0 saturated carbocycles. The first-order chi connectivity index (χ1) is 9.70. The van der Waals surface area contributed by atoms with Crippen molar-refractivity contribution in [3.63, 3.8) is 0 Å². The molecule has 0 aliphatic rings. The summed E-state index contributed by atoms with van der Waals surface area (Å²) in [5.41, 5.74) is 2.08. The highest BCUT2D eigenvalue weighted by molar-refractivity contribution is 6.30. The summed E-state index contributed by atoms with van der Waals surface area (Å²) in [6, 6.07) is 9.02. The third kappa shape index (κ3) is 3.64. The van der Waals surface area contributed by atoms with Crippen LogP contribution >= 0.6 is 11.6 Å². The molecule has 2 rings (SSSR count). The fraction of sp³-hybridized carbons (Fsp3) is 0.133. The summed E-state index contributed by atoms with van der Waals surface area (Å²) in [7, 11) is 0. The minimum absolute atomic E-state index is 0.193. The standard InChI is InChI=1S/C15H13ClN2O2/c16-13-8-14(17-10-13)15(20)18-9-12-5-2-1-4-11(12)6-3-7-19/h1-2,4-5,8,10,17,19H,7,9H2,(H,18,20). The number of aliphatic hydroxyl groups excluding tert-OH is 1. The lowest BCUT2D eigenvalue weighted by Crippen LogP contribution is -2.23. The van der Waals surface area contributed by atoms with Crippen molar-refractivity contribution >= 4 is 17.5 Å². The summed E-state index contributed by atoms with van der Waals surface area (Å²) < 4.78 is 0. The van der Waals surface area contributed by atoms with Crippen LogP contribution in [0.3, 0.4) is 0 Å². The van der Waals surface area contributed by atoms with E-state index in [-0.39, 0.29) is 12.5 Å². The molecular weight excluding hydrogens is 276 g/mol. The first-order valence-corrected chi connectivity index (χ1v) is 6.38. The van der Waals surface area contributed by atoms with E-state index in [0.717, 1.165) is 11.1 Å². The number of nitrogens with one attached hydrogen (secondary N) is 2. The molecule has 1 amide bonds. The van der Waals surface area contributed by atoms with Crippen LogP contribution in [-0.2, 0) is 6.54 Å². The molecule has 0 atom stereocenters. The molecule has 0 fully saturated rings. The molecular formula is C15H13ClN2O2. The Morgan fingerprint density at radius 3 is 2.90 bits per heavy atom. The third-order valence-corrected chi connectivity index (χ3v) is 2.87. The van der Waals surface area contributed by atoms with Gasteiger partial charge in [0.1, 0.15) is 12.3 Å². The Balaban J connectivity index is 2.06. The highest BCUT2D eigenvalue weighted by atomic mass is 35.5. The monoisotopic (exact) mass is 288 g/mol. The van der Waals surface area contributed by atoms with Crippen molar-refractivity contribution < 1.29 is 9.90 Å². The highest BCUT2D eigenvalue weighted by Crippen LogP contribution is 2.10. The molecule has 0 spiro atoms. The second kappa shape index (κ2) is 6.80. The first kappa shape index (κ1) is 14.2. The Kier molecular flexibility index (Phi) is 4.83. The van der Waals surface area contributed by atoms with Crippen LogP contribution in [0, 0.1) is 11.8 Å². The molecule has 3 N–H and O–H groups in total. The van der Waals surface area contributed by atoms with Gasteiger partial charge in [0.15, 0.2) is 0 Å². The topological polar surface area (TPSA) is 65.1 Å². The van der Waals surface area contributed by atoms with Gasteiger partial charge in [-0.05, 0) is 17.7 Å². The number of hydrogen-bond donors (Lipinski definition) is 3. The summed E-state index contributed by atoms with van der Waals surface area (Å²) in [6.45, 7) is 0.160. The Hall–Kier alpha value is -2.22. The average molecular weight is 289 g/mol. The number of hydrogen-bond acceptors (Lipinski definition) is 2. The Labute approximate surface area is 121 Å². The van der Waals surface area contributed by atoms with Crippen LogP contribution < -0.4 is 5.32 Å². The molecule has 0 radical (unpaired) electrons. The summed E-state index contributed by atoms with van der Waals surface area (Å²) in [6.07, 6.45) is 1.55. The van der Waals surface area contributed by atoms with Crippen LogP contribution in [-0.4, -0.2) is 22.6 Å². The van der Waals surface area contributed by atoms with Gasteiger partial charge in [-0.2, -0.15) is 0 Å². The highest BCUT2D eigenvalue weighted by Gasteiger charge is 2.08. The van der Waals surface area contributed by atoms with Crippen molar-refractivity contribution in [3.8, 4) is 11.8 Å². The van der Waals surface area contributed by atoms with Crippen LogP contribution in [0.4, 0.5) is 0 Å². The maximum absolute atomic E-state index is 11.9. The number of aromatic amines is 1. The maximum Gasteiger partial charge on any atom is 0.268 e. The summed E-state index contributed by atoms with van der Waals surface area (Å²) in [5, 5.41) is 12.0. The van der Waals surface area contributed by atoms with Crippen LogP contribution in [0.25, 0.3) is 0 Å². The van der Waals surface area contributed by atoms with Gasteiger partial charge in [-0.1, -0.05) is 41.6 Å². The average Bonchev–Trinajstić information content (AvgIpc) is 2.90. The molecule has 0 saturated heterocycles. The number of benzene rings is 1. The minimum Gasteiger partial charge on any atom is -0.384 e. The number of halogens is 1. The van der Waals surface area contributed by atoms with E-state index in [1.165, 1.54) is 0 Å². The number of aromatic nitrogens is 1. The molecule has 5 heteroatoms. The largest absolute Gasteiger partial charge is 0.384 e. The predicted octanol–water partition coefficient (Wildman–Crippen LogP) is 1.94. The van der Waals surface area contributed by atoms with Gasteiger partial charge >= 0.3 is 0 Å². The molecule has 0 aliphatic carbocycles. The van der Waals surface area contributed by atoms with Gasteiger partial charge < -0.3 is 15.4 Å². The van der Waals surface area contributed by atoms with E-state index in [1.807, 2.05) is 24.3 Å². The molecule has 2 aromatic rings. The molecule has 1 heterocycles. The molecule has 0 bridgehead atoms. The number of carbonyl (C=O) groups excluding carboxylic acids is 1. The number of H-pyrrole nitrogens is 1. The number of carbonyl (C=O) groups is 1. The van der Waals surface area contributed by atoms with Gasteiger partial charge in [-0.25, -0.2) is 0 Å². The normalized spacial score (nSPS) is 9.70. The Bertz CT molecular complexity index is 668. The van der Waals surface area contributed by atoms with Crippen molar-refractivity contribution in [2.45, 2.75) is 6.54 Å². The third-order valence-electron chi connectivity index (χ3n) is 2.65. The molecule has 20 heavy (non-hydrogen) atoms. The lowest BCUT2D eigenvalue weighted by atomic mass is 10.1. The van der Waals surface area contributed by atoms with E-state index in [4.69, 9.17) is 16.7 Å². The van der Waals surface area contributed by atoms with Crippen molar-refractivity contribution in [1.29, 1.82) is 0 Å². The Morgan fingerprint density at radius 1 is 1.40 bits per heavy atom. The van der Waals surface area contributed by atoms with E-state index in [9.17, 15) is 4.79 Å². The summed E-state index contributed by atoms with van der Waals surface area (Å²) in [4.78, 5) is 14.7. The maximum atomic E-state index is 11.9. The van der Waals surface area contributed by atoms with Crippen LogP contribution in [0.15, 0.2) is 36.5 Å². The van der Waals surface area contributed by atoms with Crippen molar-refractivity contribution in [2.24, 2.45) is 0 Å². The minimum atomic E-state index is -0.234. The fourth-order valence-electron chi connectivity index (χ4n) is 1.70. The van der Waals surface area contributed by atoms with Gasteiger partial charge in [-0.3, -0.25) is 4.79 Å². The number of aliphatic hydroxyl groups is 1. The first-order valence-electron chi connectivity index (χ1n) is 6.00. The second-order valence-corrected chi connectivity index (χ2v) is 4.47. The van der Waals surface area contributed by atoms with Gasteiger partial charge in [0.25, 0.3) is 5.91 Å². The molecule has 1 aromatic heterocycles. The smallest absolute Gasteiger partial charge is 0.268 e. The number of amides is 1. The lowest BCUT2D eigenvalue weighted by Gasteiger charge is -2.06. The SMILES string of the molecule is O=C(NCc1ccccc1C#CCO)c1cc(Cl)c[nH]1. The van der Waals surface area contributed by atoms with Crippen LogP contribution in [0.1, 0.15) is 21.6 Å². The molecule has 102 valence electrons. The van der Waals surface area contributed by atoms with E-state index in [1.54, 1.807) is 12.3 Å². The molecule has 4 nitrogen and oxygen atoms in total. The van der Waals surface area contributed by atoms with E-state index in [2.05, 4.69) is 22.1 Å². The summed E-state index contributed by atoms with van der Waals surface area (Å²) in [5.74, 6) is 5.21. The lowest BCUT2D eigenvalue weighted by molar-refractivity contribution is 0.0946. The zero-order valence-corrected chi connectivity index (χ0v) is 11.4.